The van der Waals surface area contributed by atoms with Crippen molar-refractivity contribution in [1.29, 1.82) is 0 Å². The summed E-state index contributed by atoms with van der Waals surface area (Å²) in [5, 5.41) is 3.93. The molecule has 2 heterocycles. The van der Waals surface area contributed by atoms with Gasteiger partial charge in [0.25, 0.3) is 0 Å². The number of nitrogens with one attached hydrogen (secondary N) is 1. The predicted octanol–water partition coefficient (Wildman–Crippen LogP) is 5.84. The predicted molar refractivity (Wildman–Crippen MR) is 106 cm³/mol. The number of aromatic nitrogens is 2. The molecule has 0 radical (unpaired) electrons. The molecule has 1 N–H and O–H groups in total. The number of nitrogens with zero attached hydrogens (tertiary/aromatic N) is 1. The number of benzene rings is 2. The Kier molecular flexibility index (Phi) is 4.51. The first-order chi connectivity index (χ1) is 12.3. The first-order valence-electron chi connectivity index (χ1n) is 9.27. The average Bonchev–Trinajstić information content (AvgIpc) is 3.06. The lowest BCUT2D eigenvalue weighted by Crippen LogP contribution is -2.01. The van der Waals surface area contributed by atoms with E-state index in [1.807, 2.05) is 6.20 Å². The molecule has 0 aliphatic rings. The van der Waals surface area contributed by atoms with Gasteiger partial charge in [-0.1, -0.05) is 55.8 Å². The van der Waals surface area contributed by atoms with Crippen molar-refractivity contribution < 1.29 is 0 Å². The molecule has 25 heavy (non-hydrogen) atoms. The Balaban J connectivity index is 1.53. The number of hydrogen-bond donors (Lipinski definition) is 1. The van der Waals surface area contributed by atoms with E-state index in [2.05, 4.69) is 66.5 Å². The molecule has 4 rings (SSSR count). The van der Waals surface area contributed by atoms with Crippen molar-refractivity contribution in [3.8, 4) is 0 Å². The normalized spacial score (nSPS) is 11.4. The zero-order valence-electron chi connectivity index (χ0n) is 14.8. The van der Waals surface area contributed by atoms with E-state index < -0.39 is 0 Å². The van der Waals surface area contributed by atoms with Crippen LogP contribution in [0.4, 0.5) is 0 Å². The standard InChI is InChI=1S/C23H24N2/c1-2-8-21-20-12-5-3-10-18(20)16-24-23(21)14-7-11-19-15-17-9-4-6-13-22(17)25-19/h3-6,9-10,12-13,15-16,25H,2,7-8,11,14H2,1H3. The van der Waals surface area contributed by atoms with Crippen LogP contribution in [0, 0.1) is 0 Å². The summed E-state index contributed by atoms with van der Waals surface area (Å²) in [6.45, 7) is 2.25. The molecule has 0 unspecified atom stereocenters. The summed E-state index contributed by atoms with van der Waals surface area (Å²) in [5.74, 6) is 0. The number of hydrogen-bond acceptors (Lipinski definition) is 1. The molecular formula is C23H24N2. The van der Waals surface area contributed by atoms with Gasteiger partial charge in [0, 0.05) is 28.5 Å². The number of aromatic amines is 1. The summed E-state index contributed by atoms with van der Waals surface area (Å²) in [5.41, 5.74) is 5.26. The number of fused-ring (bicyclic) bond motifs is 2. The van der Waals surface area contributed by atoms with E-state index in [-0.39, 0.29) is 0 Å². The molecule has 0 fully saturated rings. The van der Waals surface area contributed by atoms with Gasteiger partial charge in [0.2, 0.25) is 0 Å². The quantitative estimate of drug-likeness (QED) is 0.473. The third-order valence-electron chi connectivity index (χ3n) is 4.94. The fourth-order valence-corrected chi connectivity index (χ4v) is 3.72. The summed E-state index contributed by atoms with van der Waals surface area (Å²) in [6.07, 6.45) is 7.52. The van der Waals surface area contributed by atoms with Gasteiger partial charge in [0.1, 0.15) is 0 Å². The van der Waals surface area contributed by atoms with Crippen LogP contribution in [0.5, 0.6) is 0 Å². The molecular weight excluding hydrogens is 304 g/mol. The van der Waals surface area contributed by atoms with E-state index in [1.54, 1.807) is 0 Å². The van der Waals surface area contributed by atoms with Crippen molar-refractivity contribution in [3.63, 3.8) is 0 Å². The second-order valence-electron chi connectivity index (χ2n) is 6.76. The van der Waals surface area contributed by atoms with Gasteiger partial charge in [-0.25, -0.2) is 0 Å². The largest absolute Gasteiger partial charge is 0.358 e. The molecule has 4 aromatic rings. The van der Waals surface area contributed by atoms with Crippen LogP contribution in [0.3, 0.4) is 0 Å². The Morgan fingerprint density at radius 2 is 1.68 bits per heavy atom. The zero-order chi connectivity index (χ0) is 17.1. The summed E-state index contributed by atoms with van der Waals surface area (Å²) >= 11 is 0. The van der Waals surface area contributed by atoms with Gasteiger partial charge < -0.3 is 4.98 Å². The van der Waals surface area contributed by atoms with Gasteiger partial charge in [-0.05, 0) is 54.2 Å². The van der Waals surface area contributed by atoms with Crippen LogP contribution in [0.25, 0.3) is 21.7 Å². The van der Waals surface area contributed by atoms with Crippen LogP contribution in [0.2, 0.25) is 0 Å². The minimum Gasteiger partial charge on any atom is -0.358 e. The van der Waals surface area contributed by atoms with Gasteiger partial charge in [-0.15, -0.1) is 0 Å². The van der Waals surface area contributed by atoms with Crippen molar-refractivity contribution in [2.24, 2.45) is 0 Å². The Bertz CT molecular complexity index is 964. The molecule has 0 spiro atoms. The third kappa shape index (κ3) is 3.30. The second-order valence-corrected chi connectivity index (χ2v) is 6.76. The first-order valence-corrected chi connectivity index (χ1v) is 9.27. The van der Waals surface area contributed by atoms with Gasteiger partial charge in [-0.2, -0.15) is 0 Å². The molecule has 2 aromatic carbocycles. The highest BCUT2D eigenvalue weighted by atomic mass is 14.7. The molecule has 2 heteroatoms. The molecule has 2 aromatic heterocycles. The molecule has 0 saturated carbocycles. The maximum atomic E-state index is 4.79. The van der Waals surface area contributed by atoms with Crippen LogP contribution in [0.1, 0.15) is 36.7 Å². The number of H-pyrrole nitrogens is 1. The first kappa shape index (κ1) is 15.9. The summed E-state index contributed by atoms with van der Waals surface area (Å²) in [6, 6.07) is 19.4. The molecule has 0 saturated heterocycles. The van der Waals surface area contributed by atoms with Crippen LogP contribution < -0.4 is 0 Å². The molecule has 0 aliphatic heterocycles. The Morgan fingerprint density at radius 1 is 0.880 bits per heavy atom. The molecule has 0 bridgehead atoms. The number of para-hydroxylation sites is 1. The molecule has 126 valence electrons. The Morgan fingerprint density at radius 3 is 2.52 bits per heavy atom. The minimum absolute atomic E-state index is 1.04. The maximum Gasteiger partial charge on any atom is 0.0456 e. The second kappa shape index (κ2) is 7.10. The summed E-state index contributed by atoms with van der Waals surface area (Å²) in [4.78, 5) is 8.32. The van der Waals surface area contributed by atoms with E-state index in [1.165, 1.54) is 38.6 Å². The van der Waals surface area contributed by atoms with Crippen molar-refractivity contribution in [2.45, 2.75) is 39.0 Å². The lowest BCUT2D eigenvalue weighted by Gasteiger charge is -2.11. The van der Waals surface area contributed by atoms with Crippen LogP contribution in [-0.4, -0.2) is 9.97 Å². The number of rotatable bonds is 6. The van der Waals surface area contributed by atoms with Crippen molar-refractivity contribution in [1.82, 2.24) is 9.97 Å². The summed E-state index contributed by atoms with van der Waals surface area (Å²) in [7, 11) is 0. The van der Waals surface area contributed by atoms with E-state index in [9.17, 15) is 0 Å². The summed E-state index contributed by atoms with van der Waals surface area (Å²) < 4.78 is 0. The average molecular weight is 328 g/mol. The highest BCUT2D eigenvalue weighted by Gasteiger charge is 2.09. The molecule has 0 amide bonds. The van der Waals surface area contributed by atoms with E-state index >= 15 is 0 Å². The van der Waals surface area contributed by atoms with Gasteiger partial charge in [-0.3, -0.25) is 4.98 Å². The van der Waals surface area contributed by atoms with Gasteiger partial charge >= 0.3 is 0 Å². The monoisotopic (exact) mass is 328 g/mol. The fourth-order valence-electron chi connectivity index (χ4n) is 3.72. The Hall–Kier alpha value is -2.61. The van der Waals surface area contributed by atoms with Crippen molar-refractivity contribution in [3.05, 3.63) is 77.7 Å². The minimum atomic E-state index is 1.04. The van der Waals surface area contributed by atoms with Crippen LogP contribution in [-0.2, 0) is 19.3 Å². The maximum absolute atomic E-state index is 4.79. The molecule has 0 atom stereocenters. The van der Waals surface area contributed by atoms with E-state index in [4.69, 9.17) is 4.98 Å². The lowest BCUT2D eigenvalue weighted by atomic mass is 9.97. The van der Waals surface area contributed by atoms with Gasteiger partial charge in [0.05, 0.1) is 0 Å². The van der Waals surface area contributed by atoms with Crippen molar-refractivity contribution in [2.75, 3.05) is 0 Å². The highest BCUT2D eigenvalue weighted by Crippen LogP contribution is 2.24. The van der Waals surface area contributed by atoms with Gasteiger partial charge in [0.15, 0.2) is 0 Å². The van der Waals surface area contributed by atoms with E-state index in [0.29, 0.717) is 0 Å². The van der Waals surface area contributed by atoms with Crippen molar-refractivity contribution >= 4 is 21.7 Å². The Labute approximate surface area is 148 Å². The van der Waals surface area contributed by atoms with Crippen LogP contribution in [0.15, 0.2) is 60.8 Å². The fraction of sp³-hybridized carbons (Fsp3) is 0.261. The highest BCUT2D eigenvalue weighted by molar-refractivity contribution is 5.85. The zero-order valence-corrected chi connectivity index (χ0v) is 14.8. The molecule has 0 aliphatic carbocycles. The smallest absolute Gasteiger partial charge is 0.0456 e. The SMILES string of the molecule is CCCc1c(CCCc2cc3ccccc3[nH]2)ncc2ccccc12. The number of pyridine rings is 1. The van der Waals surface area contributed by atoms with Crippen LogP contribution >= 0.6 is 0 Å². The lowest BCUT2D eigenvalue weighted by molar-refractivity contribution is 0.771. The topological polar surface area (TPSA) is 28.7 Å². The third-order valence-corrected chi connectivity index (χ3v) is 4.94. The van der Waals surface area contributed by atoms with E-state index in [0.717, 1.165) is 32.1 Å². The number of aryl methyl sites for hydroxylation is 3. The molecule has 2 nitrogen and oxygen atoms in total.